The first-order chi connectivity index (χ1) is 11.0. The Bertz CT molecular complexity index is 656. The Hall–Kier alpha value is -1.75. The molecular formula is C18H22N2O2S. The second kappa shape index (κ2) is 6.79. The molecule has 0 radical (unpaired) electrons. The molecule has 23 heavy (non-hydrogen) atoms. The minimum atomic E-state index is -0.214. The summed E-state index contributed by atoms with van der Waals surface area (Å²) < 4.78 is 0. The molecule has 2 N–H and O–H groups in total. The predicted molar refractivity (Wildman–Crippen MR) is 93.1 cm³/mol. The number of anilines is 1. The summed E-state index contributed by atoms with van der Waals surface area (Å²) in [5, 5.41) is 5.91. The van der Waals surface area contributed by atoms with Crippen molar-refractivity contribution < 1.29 is 9.59 Å². The summed E-state index contributed by atoms with van der Waals surface area (Å²) in [4.78, 5) is 25.8. The number of thioether (sulfide) groups is 1. The number of carbonyl (C=O) groups excluding carboxylic acids is 2. The highest BCUT2D eigenvalue weighted by Crippen LogP contribution is 2.37. The van der Waals surface area contributed by atoms with Gasteiger partial charge in [-0.15, -0.1) is 0 Å². The summed E-state index contributed by atoms with van der Waals surface area (Å²) in [6, 6.07) is 7.81. The molecule has 1 saturated carbocycles. The second-order valence-corrected chi connectivity index (χ2v) is 7.53. The topological polar surface area (TPSA) is 58.2 Å². The van der Waals surface area contributed by atoms with Gasteiger partial charge in [-0.25, -0.2) is 0 Å². The lowest BCUT2D eigenvalue weighted by Crippen LogP contribution is -2.43. The SMILES string of the molecule is C[C@H]1[C@H](C)CCC[C@@H]1NC(=O)/C=C1\Sc2ccccc2NC1=O. The average molecular weight is 330 g/mol. The van der Waals surface area contributed by atoms with Crippen LogP contribution < -0.4 is 10.6 Å². The summed E-state index contributed by atoms with van der Waals surface area (Å²) in [5.41, 5.74) is 0.801. The van der Waals surface area contributed by atoms with E-state index in [0.717, 1.165) is 23.4 Å². The predicted octanol–water partition coefficient (Wildman–Crippen LogP) is 3.56. The van der Waals surface area contributed by atoms with Crippen LogP contribution in [0.5, 0.6) is 0 Å². The second-order valence-electron chi connectivity index (χ2n) is 6.44. The molecule has 1 aliphatic heterocycles. The van der Waals surface area contributed by atoms with Crippen LogP contribution in [-0.4, -0.2) is 17.9 Å². The molecule has 0 aromatic heterocycles. The molecule has 122 valence electrons. The monoisotopic (exact) mass is 330 g/mol. The molecule has 2 amide bonds. The van der Waals surface area contributed by atoms with E-state index < -0.39 is 0 Å². The van der Waals surface area contributed by atoms with Gasteiger partial charge in [0.15, 0.2) is 0 Å². The van der Waals surface area contributed by atoms with Crippen LogP contribution >= 0.6 is 11.8 Å². The van der Waals surface area contributed by atoms with Crippen molar-refractivity contribution in [3.63, 3.8) is 0 Å². The number of rotatable bonds is 2. The van der Waals surface area contributed by atoms with Crippen molar-refractivity contribution in [3.8, 4) is 0 Å². The van der Waals surface area contributed by atoms with Gasteiger partial charge in [-0.05, 0) is 30.4 Å². The van der Waals surface area contributed by atoms with Crippen molar-refractivity contribution in [2.45, 2.75) is 44.0 Å². The van der Waals surface area contributed by atoms with Crippen LogP contribution in [0.3, 0.4) is 0 Å². The van der Waals surface area contributed by atoms with E-state index in [1.807, 2.05) is 24.3 Å². The highest BCUT2D eigenvalue weighted by Gasteiger charge is 2.28. The largest absolute Gasteiger partial charge is 0.350 e. The van der Waals surface area contributed by atoms with Crippen LogP contribution in [0, 0.1) is 11.8 Å². The molecule has 3 rings (SSSR count). The van der Waals surface area contributed by atoms with Gasteiger partial charge in [0.2, 0.25) is 5.91 Å². The third-order valence-electron chi connectivity index (χ3n) is 4.88. The number of fused-ring (bicyclic) bond motifs is 1. The lowest BCUT2D eigenvalue weighted by atomic mass is 9.78. The van der Waals surface area contributed by atoms with Gasteiger partial charge in [0.05, 0.1) is 10.6 Å². The van der Waals surface area contributed by atoms with Crippen molar-refractivity contribution in [2.24, 2.45) is 11.8 Å². The van der Waals surface area contributed by atoms with Crippen LogP contribution in [0.2, 0.25) is 0 Å². The van der Waals surface area contributed by atoms with E-state index in [1.165, 1.54) is 24.3 Å². The van der Waals surface area contributed by atoms with Crippen molar-refractivity contribution >= 4 is 29.3 Å². The zero-order valence-electron chi connectivity index (χ0n) is 13.5. The third-order valence-corrected chi connectivity index (χ3v) is 5.97. The smallest absolute Gasteiger partial charge is 0.262 e. The zero-order chi connectivity index (χ0) is 16.4. The van der Waals surface area contributed by atoms with E-state index in [4.69, 9.17) is 0 Å². The van der Waals surface area contributed by atoms with Crippen LogP contribution in [0.15, 0.2) is 40.1 Å². The molecule has 0 saturated heterocycles. The molecule has 5 heteroatoms. The Morgan fingerprint density at radius 3 is 2.91 bits per heavy atom. The molecule has 0 unspecified atom stereocenters. The molecule has 1 fully saturated rings. The van der Waals surface area contributed by atoms with Crippen LogP contribution in [0.1, 0.15) is 33.1 Å². The van der Waals surface area contributed by atoms with Gasteiger partial charge in [0, 0.05) is 17.0 Å². The van der Waals surface area contributed by atoms with Crippen molar-refractivity contribution in [2.75, 3.05) is 5.32 Å². The van der Waals surface area contributed by atoms with Crippen molar-refractivity contribution in [1.82, 2.24) is 5.32 Å². The van der Waals surface area contributed by atoms with E-state index in [1.54, 1.807) is 0 Å². The summed E-state index contributed by atoms with van der Waals surface area (Å²) in [5.74, 6) is 0.711. The fourth-order valence-electron chi connectivity index (χ4n) is 3.23. The summed E-state index contributed by atoms with van der Waals surface area (Å²) in [6.07, 6.45) is 4.82. The molecule has 4 nitrogen and oxygen atoms in total. The summed E-state index contributed by atoms with van der Waals surface area (Å²) >= 11 is 1.35. The highest BCUT2D eigenvalue weighted by molar-refractivity contribution is 8.04. The van der Waals surface area contributed by atoms with Crippen LogP contribution in [0.4, 0.5) is 5.69 Å². The van der Waals surface area contributed by atoms with Crippen LogP contribution in [0.25, 0.3) is 0 Å². The van der Waals surface area contributed by atoms with E-state index in [-0.39, 0.29) is 17.9 Å². The third kappa shape index (κ3) is 3.61. The fourth-order valence-corrected chi connectivity index (χ4v) is 4.15. The quantitative estimate of drug-likeness (QED) is 0.815. The average Bonchev–Trinajstić information content (AvgIpc) is 2.52. The van der Waals surface area contributed by atoms with Crippen LogP contribution in [-0.2, 0) is 9.59 Å². The molecule has 1 aliphatic carbocycles. The Kier molecular flexibility index (Phi) is 4.76. The Morgan fingerprint density at radius 1 is 1.30 bits per heavy atom. The van der Waals surface area contributed by atoms with Crippen molar-refractivity contribution in [3.05, 3.63) is 35.2 Å². The molecular weight excluding hydrogens is 308 g/mol. The maximum absolute atomic E-state index is 12.3. The van der Waals surface area contributed by atoms with E-state index in [0.29, 0.717) is 16.7 Å². The molecule has 3 atom stereocenters. The molecule has 0 spiro atoms. The first-order valence-electron chi connectivity index (χ1n) is 8.15. The normalized spacial score (nSPS) is 28.9. The van der Waals surface area contributed by atoms with Gasteiger partial charge >= 0.3 is 0 Å². The summed E-state index contributed by atoms with van der Waals surface area (Å²) in [7, 11) is 0. The molecule has 1 heterocycles. The number of para-hydroxylation sites is 1. The number of carbonyl (C=O) groups is 2. The number of hydrogen-bond acceptors (Lipinski definition) is 3. The van der Waals surface area contributed by atoms with Gasteiger partial charge in [-0.3, -0.25) is 9.59 Å². The van der Waals surface area contributed by atoms with Gasteiger partial charge in [-0.2, -0.15) is 0 Å². The first-order valence-corrected chi connectivity index (χ1v) is 8.96. The first kappa shape index (κ1) is 16.1. The maximum Gasteiger partial charge on any atom is 0.262 e. The van der Waals surface area contributed by atoms with Gasteiger partial charge in [-0.1, -0.05) is 50.6 Å². The minimum absolute atomic E-state index is 0.173. The standard InChI is InChI=1S/C18H22N2O2S/c1-11-6-5-8-13(12(11)2)19-17(21)10-16-18(22)20-14-7-3-4-9-15(14)23-16/h3-4,7,9-13H,5-6,8H2,1-2H3,(H,19,21)(H,20,22)/b16-10-/t11-,12+,13+/m1/s1. The molecule has 0 bridgehead atoms. The highest BCUT2D eigenvalue weighted by atomic mass is 32.2. The van der Waals surface area contributed by atoms with Gasteiger partial charge in [0.25, 0.3) is 5.91 Å². The molecule has 1 aromatic carbocycles. The van der Waals surface area contributed by atoms with Crippen molar-refractivity contribution in [1.29, 1.82) is 0 Å². The zero-order valence-corrected chi connectivity index (χ0v) is 14.3. The van der Waals surface area contributed by atoms with E-state index in [2.05, 4.69) is 24.5 Å². The number of hydrogen-bond donors (Lipinski definition) is 2. The Balaban J connectivity index is 1.69. The Labute approximate surface area is 141 Å². The summed E-state index contributed by atoms with van der Waals surface area (Å²) in [6.45, 7) is 4.43. The molecule has 2 aliphatic rings. The maximum atomic E-state index is 12.3. The molecule has 1 aromatic rings. The number of amides is 2. The van der Waals surface area contributed by atoms with E-state index in [9.17, 15) is 9.59 Å². The fraction of sp³-hybridized carbons (Fsp3) is 0.444. The Morgan fingerprint density at radius 2 is 2.09 bits per heavy atom. The van der Waals surface area contributed by atoms with E-state index >= 15 is 0 Å². The minimum Gasteiger partial charge on any atom is -0.350 e. The number of benzene rings is 1. The number of nitrogens with one attached hydrogen (secondary N) is 2. The lowest BCUT2D eigenvalue weighted by molar-refractivity contribution is -0.118. The lowest BCUT2D eigenvalue weighted by Gasteiger charge is -2.34. The van der Waals surface area contributed by atoms with Gasteiger partial charge in [0.1, 0.15) is 0 Å². The van der Waals surface area contributed by atoms with Gasteiger partial charge < -0.3 is 10.6 Å².